The first kappa shape index (κ1) is 20.4. The van der Waals surface area contributed by atoms with Crippen LogP contribution in [0.4, 0.5) is 0 Å². The monoisotopic (exact) mass is 298 g/mol. The van der Waals surface area contributed by atoms with Crippen molar-refractivity contribution in [3.63, 3.8) is 0 Å². The molecular weight excluding hydrogens is 264 g/mol. The van der Waals surface area contributed by atoms with Gasteiger partial charge in [-0.05, 0) is 12.8 Å². The molecule has 0 bridgehead atoms. The molecule has 0 aliphatic heterocycles. The molecule has 0 nitrogen and oxygen atoms in total. The Morgan fingerprint density at radius 3 is 1.55 bits per heavy atom. The second-order valence-electron chi connectivity index (χ2n) is 5.47. The molecular formula is C22H34. The molecule has 0 aromatic carbocycles. The van der Waals surface area contributed by atoms with Gasteiger partial charge in [0.1, 0.15) is 0 Å². The highest BCUT2D eigenvalue weighted by molar-refractivity contribution is 5.18. The molecule has 0 aliphatic rings. The van der Waals surface area contributed by atoms with E-state index in [1.54, 1.807) is 6.08 Å². The molecule has 0 amide bonds. The predicted molar refractivity (Wildman–Crippen MR) is 103 cm³/mol. The normalized spacial score (nSPS) is 12.8. The van der Waals surface area contributed by atoms with Crippen LogP contribution in [0, 0.1) is 0 Å². The molecule has 0 unspecified atom stereocenters. The maximum atomic E-state index is 3.62. The van der Waals surface area contributed by atoms with E-state index >= 15 is 0 Å². The van der Waals surface area contributed by atoms with Gasteiger partial charge in [-0.15, -0.1) is 0 Å². The van der Waals surface area contributed by atoms with Gasteiger partial charge in [-0.3, -0.25) is 0 Å². The van der Waals surface area contributed by atoms with E-state index in [1.165, 1.54) is 57.8 Å². The predicted octanol–water partition coefficient (Wildman–Crippen LogP) is 7.48. The summed E-state index contributed by atoms with van der Waals surface area (Å²) in [6.45, 7) is 5.89. The summed E-state index contributed by atoms with van der Waals surface area (Å²) in [5, 5.41) is 0. The summed E-state index contributed by atoms with van der Waals surface area (Å²) in [6, 6.07) is 0. The minimum Gasteiger partial charge on any atom is -0.0991 e. The Morgan fingerprint density at radius 1 is 0.545 bits per heavy atom. The van der Waals surface area contributed by atoms with Gasteiger partial charge in [-0.25, -0.2) is 0 Å². The summed E-state index contributed by atoms with van der Waals surface area (Å²) in [5.74, 6) is 0. The van der Waals surface area contributed by atoms with Crippen LogP contribution < -0.4 is 0 Å². The molecule has 0 aromatic rings. The molecule has 122 valence electrons. The fourth-order valence-electron chi connectivity index (χ4n) is 2.10. The summed E-state index contributed by atoms with van der Waals surface area (Å²) in [4.78, 5) is 0. The molecule has 0 rings (SSSR count). The van der Waals surface area contributed by atoms with Crippen LogP contribution in [0.3, 0.4) is 0 Å². The van der Waals surface area contributed by atoms with Gasteiger partial charge in [-0.1, -0.05) is 125 Å². The Balaban J connectivity index is 3.41. The van der Waals surface area contributed by atoms with Crippen molar-refractivity contribution in [2.75, 3.05) is 0 Å². The fourth-order valence-corrected chi connectivity index (χ4v) is 2.10. The van der Waals surface area contributed by atoms with Crippen molar-refractivity contribution in [2.24, 2.45) is 0 Å². The summed E-state index contributed by atoms with van der Waals surface area (Å²) in [6.07, 6.45) is 34.6. The molecule has 0 heteroatoms. The summed E-state index contributed by atoms with van der Waals surface area (Å²) >= 11 is 0. The summed E-state index contributed by atoms with van der Waals surface area (Å²) in [7, 11) is 0. The first-order valence-corrected chi connectivity index (χ1v) is 8.86. The van der Waals surface area contributed by atoms with Crippen molar-refractivity contribution in [1.82, 2.24) is 0 Å². The largest absolute Gasteiger partial charge is 0.0991 e. The minimum atomic E-state index is 1.20. The van der Waals surface area contributed by atoms with Gasteiger partial charge in [0, 0.05) is 0 Å². The van der Waals surface area contributed by atoms with E-state index in [9.17, 15) is 0 Å². The lowest BCUT2D eigenvalue weighted by atomic mass is 10.1. The Morgan fingerprint density at radius 2 is 1.00 bits per heavy atom. The summed E-state index contributed by atoms with van der Waals surface area (Å²) < 4.78 is 0. The van der Waals surface area contributed by atoms with Crippen LogP contribution in [0.1, 0.15) is 64.7 Å². The third-order valence-electron chi connectivity index (χ3n) is 3.39. The number of allylic oxidation sites excluding steroid dienone is 11. The standard InChI is InChI=1S/C22H34/c1-3-5-7-9-11-13-15-17-19-21-22-20-18-16-14-12-10-8-6-4-2/h3,5,7,9,11,13,15,17,19,21-22H,1,4,6,8,10,12,14,16,18,20H2,2H3. The highest BCUT2D eigenvalue weighted by Gasteiger charge is 1.89. The van der Waals surface area contributed by atoms with Crippen LogP contribution in [0.15, 0.2) is 73.4 Å². The van der Waals surface area contributed by atoms with Gasteiger partial charge in [-0.2, -0.15) is 0 Å². The quantitative estimate of drug-likeness (QED) is 0.230. The summed E-state index contributed by atoms with van der Waals surface area (Å²) in [5.41, 5.74) is 0. The average molecular weight is 299 g/mol. The zero-order chi connectivity index (χ0) is 16.1. The van der Waals surface area contributed by atoms with Crippen LogP contribution in [-0.4, -0.2) is 0 Å². The Labute approximate surface area is 138 Å². The number of hydrogen-bond donors (Lipinski definition) is 0. The van der Waals surface area contributed by atoms with Gasteiger partial charge in [0.25, 0.3) is 0 Å². The molecule has 0 spiro atoms. The van der Waals surface area contributed by atoms with Gasteiger partial charge in [0.05, 0.1) is 0 Å². The fraction of sp³-hybridized carbons (Fsp3) is 0.455. The van der Waals surface area contributed by atoms with E-state index in [-0.39, 0.29) is 0 Å². The van der Waals surface area contributed by atoms with Crippen LogP contribution in [-0.2, 0) is 0 Å². The minimum absolute atomic E-state index is 1.20. The van der Waals surface area contributed by atoms with Crippen molar-refractivity contribution in [2.45, 2.75) is 64.7 Å². The second kappa shape index (κ2) is 19.4. The third-order valence-corrected chi connectivity index (χ3v) is 3.39. The van der Waals surface area contributed by atoms with Crippen LogP contribution in [0.25, 0.3) is 0 Å². The van der Waals surface area contributed by atoms with E-state index in [1.807, 2.05) is 36.5 Å². The van der Waals surface area contributed by atoms with Crippen LogP contribution in [0.5, 0.6) is 0 Å². The molecule has 0 fully saturated rings. The maximum absolute atomic E-state index is 3.62. The van der Waals surface area contributed by atoms with Crippen LogP contribution >= 0.6 is 0 Å². The van der Waals surface area contributed by atoms with Crippen molar-refractivity contribution < 1.29 is 0 Å². The zero-order valence-electron chi connectivity index (χ0n) is 14.4. The van der Waals surface area contributed by atoms with Crippen molar-refractivity contribution in [3.8, 4) is 0 Å². The number of unbranched alkanes of at least 4 members (excludes halogenated alkanes) is 8. The lowest BCUT2D eigenvalue weighted by Gasteiger charge is -1.99. The molecule has 0 radical (unpaired) electrons. The molecule has 0 aromatic heterocycles. The lowest BCUT2D eigenvalue weighted by Crippen LogP contribution is -1.79. The highest BCUT2D eigenvalue weighted by Crippen LogP contribution is 2.09. The second-order valence-corrected chi connectivity index (χ2v) is 5.47. The Kier molecular flexibility index (Phi) is 18.1. The van der Waals surface area contributed by atoms with Gasteiger partial charge < -0.3 is 0 Å². The van der Waals surface area contributed by atoms with E-state index in [0.717, 1.165) is 0 Å². The van der Waals surface area contributed by atoms with Gasteiger partial charge in [0.2, 0.25) is 0 Å². The molecule has 0 atom stereocenters. The Hall–Kier alpha value is -1.56. The first-order chi connectivity index (χ1) is 10.9. The first-order valence-electron chi connectivity index (χ1n) is 8.86. The highest BCUT2D eigenvalue weighted by atomic mass is 14.0. The maximum Gasteiger partial charge on any atom is -0.0348 e. The molecule has 0 heterocycles. The van der Waals surface area contributed by atoms with Crippen molar-refractivity contribution in [3.05, 3.63) is 73.4 Å². The molecule has 0 saturated carbocycles. The molecule has 0 saturated heterocycles. The van der Waals surface area contributed by atoms with Crippen LogP contribution in [0.2, 0.25) is 0 Å². The topological polar surface area (TPSA) is 0 Å². The van der Waals surface area contributed by atoms with Crippen molar-refractivity contribution in [1.29, 1.82) is 0 Å². The Bertz CT molecular complexity index is 363. The van der Waals surface area contributed by atoms with Gasteiger partial charge >= 0.3 is 0 Å². The van der Waals surface area contributed by atoms with Gasteiger partial charge in [0.15, 0.2) is 0 Å². The van der Waals surface area contributed by atoms with E-state index in [2.05, 4.69) is 37.8 Å². The molecule has 22 heavy (non-hydrogen) atoms. The van der Waals surface area contributed by atoms with Crippen molar-refractivity contribution >= 4 is 0 Å². The smallest absolute Gasteiger partial charge is 0.0348 e. The third kappa shape index (κ3) is 18.4. The number of rotatable bonds is 14. The zero-order valence-corrected chi connectivity index (χ0v) is 14.4. The molecule has 0 aliphatic carbocycles. The SMILES string of the molecule is C=CC=CC=CC=CC=CC=CCCCCCCCCCC. The van der Waals surface area contributed by atoms with E-state index in [4.69, 9.17) is 0 Å². The lowest BCUT2D eigenvalue weighted by molar-refractivity contribution is 0.577. The number of hydrogen-bond acceptors (Lipinski definition) is 0. The molecule has 0 N–H and O–H groups in total. The average Bonchev–Trinajstić information content (AvgIpc) is 2.54. The van der Waals surface area contributed by atoms with E-state index < -0.39 is 0 Å². The van der Waals surface area contributed by atoms with E-state index in [0.29, 0.717) is 0 Å².